The van der Waals surface area contributed by atoms with Crippen LogP contribution in [0.15, 0.2) is 29.5 Å². The number of amides is 2. The van der Waals surface area contributed by atoms with Gasteiger partial charge in [0.15, 0.2) is 16.6 Å². The van der Waals surface area contributed by atoms with Gasteiger partial charge in [0.25, 0.3) is 11.8 Å². The first-order chi connectivity index (χ1) is 13.4. The van der Waals surface area contributed by atoms with Crippen molar-refractivity contribution in [1.82, 2.24) is 9.80 Å². The maximum absolute atomic E-state index is 13.0. The molecule has 2 aliphatic rings. The molecule has 0 N–H and O–H groups in total. The van der Waals surface area contributed by atoms with Gasteiger partial charge in [-0.25, -0.2) is 0 Å². The van der Waals surface area contributed by atoms with Gasteiger partial charge in [-0.1, -0.05) is 0 Å². The summed E-state index contributed by atoms with van der Waals surface area (Å²) in [5.74, 6) is 0.540. The van der Waals surface area contributed by atoms with E-state index in [0.29, 0.717) is 30.3 Å². The van der Waals surface area contributed by atoms with Crippen LogP contribution in [0.25, 0.3) is 5.57 Å². The Labute approximate surface area is 169 Å². The summed E-state index contributed by atoms with van der Waals surface area (Å²) >= 11 is 5.31. The first-order valence-corrected chi connectivity index (χ1v) is 9.33. The molecule has 0 aromatic heterocycles. The predicted octanol–water partition coefficient (Wildman–Crippen LogP) is 2.75. The van der Waals surface area contributed by atoms with E-state index in [1.807, 2.05) is 26.8 Å². The fourth-order valence-electron chi connectivity index (χ4n) is 3.30. The van der Waals surface area contributed by atoms with Crippen LogP contribution >= 0.6 is 12.2 Å². The molecule has 1 saturated heterocycles. The molecule has 1 fully saturated rings. The first-order valence-electron chi connectivity index (χ1n) is 8.92. The number of benzene rings is 1. The Morgan fingerprint density at radius 1 is 1.04 bits per heavy atom. The van der Waals surface area contributed by atoms with Crippen LogP contribution in [0.5, 0.6) is 17.2 Å². The Bertz CT molecular complexity index is 907. The Morgan fingerprint density at radius 3 is 2.14 bits per heavy atom. The number of nitrogens with zero attached hydrogens (tertiary/aromatic N) is 2. The lowest BCUT2D eigenvalue weighted by atomic mass is 9.99. The summed E-state index contributed by atoms with van der Waals surface area (Å²) in [6.45, 7) is 6.21. The number of carbonyl (C=O) groups excluding carboxylic acids is 2. The van der Waals surface area contributed by atoms with E-state index in [4.69, 9.17) is 26.4 Å². The Kier molecular flexibility index (Phi) is 5.42. The Balaban J connectivity index is 2.20. The van der Waals surface area contributed by atoms with Gasteiger partial charge in [-0.05, 0) is 56.8 Å². The van der Waals surface area contributed by atoms with Gasteiger partial charge in [0, 0.05) is 18.7 Å². The third-order valence-electron chi connectivity index (χ3n) is 4.74. The molecule has 2 amide bonds. The molecule has 1 aromatic carbocycles. The van der Waals surface area contributed by atoms with Crippen molar-refractivity contribution in [1.29, 1.82) is 0 Å². The molecule has 2 heterocycles. The van der Waals surface area contributed by atoms with Gasteiger partial charge in [-0.2, -0.15) is 0 Å². The second kappa shape index (κ2) is 7.63. The number of likely N-dealkylation sites (N-methyl/N-ethyl adjacent to an activating group) is 2. The number of ether oxygens (including phenoxy) is 3. The molecule has 0 unspecified atom stereocenters. The first kappa shape index (κ1) is 19.9. The van der Waals surface area contributed by atoms with Crippen LogP contribution in [0.3, 0.4) is 0 Å². The number of rotatable bonds is 4. The van der Waals surface area contributed by atoms with E-state index in [1.54, 1.807) is 12.1 Å². The summed E-state index contributed by atoms with van der Waals surface area (Å²) in [6.07, 6.45) is 1.69. The zero-order valence-corrected chi connectivity index (χ0v) is 17.3. The second-order valence-corrected chi connectivity index (χ2v) is 6.59. The van der Waals surface area contributed by atoms with Crippen LogP contribution in [0.2, 0.25) is 0 Å². The fraction of sp³-hybridized carbons (Fsp3) is 0.350. The maximum Gasteiger partial charge on any atom is 0.269 e. The van der Waals surface area contributed by atoms with Crippen LogP contribution in [-0.4, -0.2) is 54.0 Å². The molecule has 148 valence electrons. The van der Waals surface area contributed by atoms with Gasteiger partial charge >= 0.3 is 0 Å². The van der Waals surface area contributed by atoms with Crippen LogP contribution in [-0.2, 0) is 9.59 Å². The smallest absolute Gasteiger partial charge is 0.269 e. The lowest BCUT2D eigenvalue weighted by Gasteiger charge is -2.36. The number of hydrogen-bond donors (Lipinski definition) is 0. The highest BCUT2D eigenvalue weighted by Gasteiger charge is 2.41. The summed E-state index contributed by atoms with van der Waals surface area (Å²) < 4.78 is 16.8. The third kappa shape index (κ3) is 2.93. The molecule has 8 heteroatoms. The van der Waals surface area contributed by atoms with Crippen molar-refractivity contribution < 1.29 is 23.8 Å². The van der Waals surface area contributed by atoms with Crippen molar-refractivity contribution in [2.45, 2.75) is 20.8 Å². The van der Waals surface area contributed by atoms with Gasteiger partial charge in [0.05, 0.1) is 14.2 Å². The lowest BCUT2D eigenvalue weighted by molar-refractivity contribution is -0.133. The van der Waals surface area contributed by atoms with Crippen LogP contribution < -0.4 is 14.2 Å². The SMILES string of the molecule is CCN1C(=O)C(=C2C=C(C)c3ccc(OC)c(OC)c3O2)C(=O)N(CC)C1=S. The van der Waals surface area contributed by atoms with E-state index in [0.717, 1.165) is 11.1 Å². The number of methoxy groups -OCH3 is 2. The molecule has 28 heavy (non-hydrogen) atoms. The number of allylic oxidation sites excluding steroid dienone is 2. The van der Waals surface area contributed by atoms with Crippen molar-refractivity contribution in [3.8, 4) is 17.2 Å². The van der Waals surface area contributed by atoms with E-state index < -0.39 is 11.8 Å². The molecule has 0 spiro atoms. The van der Waals surface area contributed by atoms with Crippen molar-refractivity contribution in [3.05, 3.63) is 35.1 Å². The molecule has 0 bridgehead atoms. The van der Waals surface area contributed by atoms with Gasteiger partial charge < -0.3 is 14.2 Å². The highest BCUT2D eigenvalue weighted by atomic mass is 32.1. The minimum absolute atomic E-state index is 0.0489. The zero-order chi connectivity index (χ0) is 20.6. The standard InChI is InChI=1S/C20H22N2O5S/c1-6-21-18(23)15(19(24)22(7-2)20(21)28)14-10-11(3)12-8-9-13(25-4)17(26-5)16(12)27-14/h8-10H,6-7H2,1-5H3. The molecule has 0 aliphatic carbocycles. The molecule has 0 saturated carbocycles. The number of fused-ring (bicyclic) bond motifs is 1. The largest absolute Gasteiger partial charge is 0.493 e. The van der Waals surface area contributed by atoms with E-state index in [-0.39, 0.29) is 16.4 Å². The molecule has 2 aliphatic heterocycles. The molecule has 3 rings (SSSR count). The number of thiocarbonyl (C=S) groups is 1. The van der Waals surface area contributed by atoms with Gasteiger partial charge in [0.1, 0.15) is 11.3 Å². The highest BCUT2D eigenvalue weighted by Crippen LogP contribution is 2.46. The van der Waals surface area contributed by atoms with Gasteiger partial charge in [-0.15, -0.1) is 0 Å². The number of carbonyl (C=O) groups is 2. The molecule has 0 atom stereocenters. The predicted molar refractivity (Wildman–Crippen MR) is 108 cm³/mol. The monoisotopic (exact) mass is 402 g/mol. The van der Waals surface area contributed by atoms with Crippen molar-refractivity contribution in [2.24, 2.45) is 0 Å². The summed E-state index contributed by atoms with van der Waals surface area (Å²) in [4.78, 5) is 28.8. The Morgan fingerprint density at radius 2 is 1.64 bits per heavy atom. The maximum atomic E-state index is 13.0. The lowest BCUT2D eigenvalue weighted by Crippen LogP contribution is -2.56. The van der Waals surface area contributed by atoms with Crippen molar-refractivity contribution in [2.75, 3.05) is 27.3 Å². The minimum Gasteiger partial charge on any atom is -0.493 e. The normalized spacial score (nSPS) is 16.8. The van der Waals surface area contributed by atoms with Gasteiger partial charge in [-0.3, -0.25) is 19.4 Å². The quantitative estimate of drug-likeness (QED) is 0.438. The zero-order valence-electron chi connectivity index (χ0n) is 16.5. The van der Waals surface area contributed by atoms with E-state index >= 15 is 0 Å². The molecule has 7 nitrogen and oxygen atoms in total. The second-order valence-electron chi connectivity index (χ2n) is 6.23. The third-order valence-corrected chi connectivity index (χ3v) is 5.18. The average Bonchev–Trinajstić information content (AvgIpc) is 2.67. The Hall–Kier alpha value is -2.87. The summed E-state index contributed by atoms with van der Waals surface area (Å²) in [6, 6.07) is 3.63. The minimum atomic E-state index is -0.466. The number of hydrogen-bond acceptors (Lipinski definition) is 6. The van der Waals surface area contributed by atoms with Crippen LogP contribution in [0.4, 0.5) is 0 Å². The molecular weight excluding hydrogens is 380 g/mol. The van der Waals surface area contributed by atoms with E-state index in [9.17, 15) is 9.59 Å². The average molecular weight is 402 g/mol. The highest BCUT2D eigenvalue weighted by molar-refractivity contribution is 7.80. The van der Waals surface area contributed by atoms with Crippen LogP contribution in [0, 0.1) is 0 Å². The summed E-state index contributed by atoms with van der Waals surface area (Å²) in [5, 5.41) is 0.209. The topological polar surface area (TPSA) is 68.3 Å². The summed E-state index contributed by atoms with van der Waals surface area (Å²) in [7, 11) is 3.04. The fourth-order valence-corrected chi connectivity index (χ4v) is 3.72. The molecule has 1 aromatic rings. The molecular formula is C20H22N2O5S. The molecule has 0 radical (unpaired) electrons. The van der Waals surface area contributed by atoms with Gasteiger partial charge in [0.2, 0.25) is 5.75 Å². The van der Waals surface area contributed by atoms with E-state index in [2.05, 4.69) is 0 Å². The van der Waals surface area contributed by atoms with Crippen LogP contribution in [0.1, 0.15) is 26.3 Å². The summed E-state index contributed by atoms with van der Waals surface area (Å²) in [5.41, 5.74) is 1.59. The van der Waals surface area contributed by atoms with Crippen molar-refractivity contribution in [3.63, 3.8) is 0 Å². The van der Waals surface area contributed by atoms with Crippen molar-refractivity contribution >= 4 is 34.7 Å². The van der Waals surface area contributed by atoms with E-state index in [1.165, 1.54) is 24.0 Å².